The monoisotopic (exact) mass is 264 g/mol. The third-order valence-electron chi connectivity index (χ3n) is 3.23. The van der Waals surface area contributed by atoms with E-state index in [9.17, 15) is 9.18 Å². The number of aromatic nitrogens is 1. The Morgan fingerprint density at radius 3 is 3.00 bits per heavy atom. The van der Waals surface area contributed by atoms with E-state index in [1.807, 2.05) is 6.08 Å². The molecule has 2 rings (SSSR count). The second kappa shape index (κ2) is 5.82. The third-order valence-corrected chi connectivity index (χ3v) is 3.23. The van der Waals surface area contributed by atoms with E-state index in [1.165, 1.54) is 12.1 Å². The van der Waals surface area contributed by atoms with Crippen LogP contribution < -0.4 is 5.73 Å². The minimum atomic E-state index is -0.544. The van der Waals surface area contributed by atoms with Crippen LogP contribution in [0.5, 0.6) is 0 Å². The number of nitrogens with two attached hydrogens (primary N) is 1. The highest BCUT2D eigenvalue weighted by Crippen LogP contribution is 2.32. The molecule has 0 bridgehead atoms. The van der Waals surface area contributed by atoms with E-state index in [0.29, 0.717) is 37.3 Å². The molecule has 0 fully saturated rings. The van der Waals surface area contributed by atoms with Crippen molar-refractivity contribution in [3.63, 3.8) is 0 Å². The number of carbonyl (C=O) groups is 1. The number of rotatable bonds is 3. The van der Waals surface area contributed by atoms with Crippen LogP contribution in [0.1, 0.15) is 31.9 Å². The normalized spacial score (nSPS) is 18.8. The molecule has 0 spiro atoms. The molecule has 5 heteroatoms. The Labute approximate surface area is 111 Å². The van der Waals surface area contributed by atoms with Gasteiger partial charge in [-0.25, -0.2) is 4.98 Å². The van der Waals surface area contributed by atoms with Crippen LogP contribution >= 0.6 is 0 Å². The van der Waals surface area contributed by atoms with E-state index in [4.69, 9.17) is 10.5 Å². The van der Waals surface area contributed by atoms with Crippen molar-refractivity contribution >= 4 is 17.2 Å². The molecule has 1 heterocycles. The number of nitrogen functional groups attached to an aromatic ring is 1. The number of anilines is 1. The zero-order valence-electron chi connectivity index (χ0n) is 10.9. The van der Waals surface area contributed by atoms with E-state index < -0.39 is 5.95 Å². The minimum Gasteiger partial charge on any atom is -0.466 e. The van der Waals surface area contributed by atoms with Crippen LogP contribution in [0.15, 0.2) is 18.2 Å². The molecule has 1 aliphatic rings. The molecule has 1 aromatic rings. The van der Waals surface area contributed by atoms with Crippen molar-refractivity contribution < 1.29 is 13.9 Å². The van der Waals surface area contributed by atoms with Crippen molar-refractivity contribution in [3.05, 3.63) is 29.9 Å². The largest absolute Gasteiger partial charge is 0.466 e. The topological polar surface area (TPSA) is 65.2 Å². The van der Waals surface area contributed by atoms with Crippen molar-refractivity contribution in [3.8, 4) is 0 Å². The molecule has 0 aromatic carbocycles. The van der Waals surface area contributed by atoms with E-state index >= 15 is 0 Å². The number of pyridine rings is 1. The van der Waals surface area contributed by atoms with Gasteiger partial charge in [-0.1, -0.05) is 6.08 Å². The first-order chi connectivity index (χ1) is 9.11. The zero-order chi connectivity index (χ0) is 13.8. The summed E-state index contributed by atoms with van der Waals surface area (Å²) >= 11 is 0. The van der Waals surface area contributed by atoms with E-state index in [0.717, 1.165) is 5.57 Å². The highest BCUT2D eigenvalue weighted by atomic mass is 19.1. The quantitative estimate of drug-likeness (QED) is 0.673. The van der Waals surface area contributed by atoms with Crippen molar-refractivity contribution in [1.82, 2.24) is 4.98 Å². The van der Waals surface area contributed by atoms with Crippen LogP contribution in [0.4, 0.5) is 10.1 Å². The van der Waals surface area contributed by atoms with Gasteiger partial charge in [0.05, 0.1) is 23.9 Å². The van der Waals surface area contributed by atoms with Gasteiger partial charge in [0, 0.05) is 0 Å². The van der Waals surface area contributed by atoms with E-state index in [1.54, 1.807) is 6.92 Å². The molecule has 0 radical (unpaired) electrons. The molecular formula is C14H17FN2O2. The number of halogens is 1. The summed E-state index contributed by atoms with van der Waals surface area (Å²) in [5.41, 5.74) is 7.65. The molecule has 19 heavy (non-hydrogen) atoms. The van der Waals surface area contributed by atoms with E-state index in [2.05, 4.69) is 4.98 Å². The fourth-order valence-corrected chi connectivity index (χ4v) is 2.23. The first kappa shape index (κ1) is 13.5. The molecule has 0 saturated carbocycles. The minimum absolute atomic E-state index is 0.113. The highest BCUT2D eigenvalue weighted by Gasteiger charge is 2.24. The summed E-state index contributed by atoms with van der Waals surface area (Å²) in [7, 11) is 0. The summed E-state index contributed by atoms with van der Waals surface area (Å²) in [6.07, 6.45) is 3.83. The first-order valence-corrected chi connectivity index (χ1v) is 6.40. The van der Waals surface area contributed by atoms with Gasteiger partial charge in [-0.3, -0.25) is 4.79 Å². The Hall–Kier alpha value is -1.91. The van der Waals surface area contributed by atoms with Crippen LogP contribution in [-0.2, 0) is 9.53 Å². The van der Waals surface area contributed by atoms with Gasteiger partial charge in [0.1, 0.15) is 0 Å². The number of esters is 1. The van der Waals surface area contributed by atoms with Gasteiger partial charge in [0.25, 0.3) is 0 Å². The number of nitrogens with zero attached hydrogens (tertiary/aromatic N) is 1. The Morgan fingerprint density at radius 1 is 1.58 bits per heavy atom. The second-order valence-electron chi connectivity index (χ2n) is 4.52. The fourth-order valence-electron chi connectivity index (χ4n) is 2.23. The highest BCUT2D eigenvalue weighted by molar-refractivity contribution is 5.77. The van der Waals surface area contributed by atoms with Crippen molar-refractivity contribution in [2.75, 3.05) is 12.3 Å². The second-order valence-corrected chi connectivity index (χ2v) is 4.52. The van der Waals surface area contributed by atoms with Crippen LogP contribution in [-0.4, -0.2) is 17.6 Å². The molecule has 4 nitrogen and oxygen atoms in total. The van der Waals surface area contributed by atoms with Gasteiger partial charge in [0.15, 0.2) is 0 Å². The molecule has 1 unspecified atom stereocenters. The van der Waals surface area contributed by atoms with E-state index in [-0.39, 0.29) is 11.9 Å². The summed E-state index contributed by atoms with van der Waals surface area (Å²) in [5, 5.41) is 0. The lowest BCUT2D eigenvalue weighted by molar-refractivity contribution is -0.148. The third kappa shape index (κ3) is 3.10. The molecule has 0 aliphatic heterocycles. The molecule has 1 aromatic heterocycles. The number of hydrogen-bond acceptors (Lipinski definition) is 4. The predicted molar refractivity (Wildman–Crippen MR) is 70.6 cm³/mol. The summed E-state index contributed by atoms with van der Waals surface area (Å²) in [6, 6.07) is 2.75. The van der Waals surface area contributed by atoms with Crippen LogP contribution in [0.2, 0.25) is 0 Å². The average Bonchev–Trinajstić information content (AvgIpc) is 2.42. The first-order valence-electron chi connectivity index (χ1n) is 6.40. The molecule has 102 valence electrons. The Morgan fingerprint density at radius 2 is 2.37 bits per heavy atom. The van der Waals surface area contributed by atoms with Crippen molar-refractivity contribution in [1.29, 1.82) is 0 Å². The van der Waals surface area contributed by atoms with Crippen LogP contribution in [0, 0.1) is 11.9 Å². The SMILES string of the molecule is CCOC(=O)C1CC=C(c2nc(F)ccc2N)CC1. The molecular weight excluding hydrogens is 247 g/mol. The summed E-state index contributed by atoms with van der Waals surface area (Å²) in [4.78, 5) is 15.4. The smallest absolute Gasteiger partial charge is 0.309 e. The number of ether oxygens (including phenoxy) is 1. The van der Waals surface area contributed by atoms with Crippen molar-refractivity contribution in [2.24, 2.45) is 5.92 Å². The van der Waals surface area contributed by atoms with Crippen LogP contribution in [0.3, 0.4) is 0 Å². The number of allylic oxidation sites excluding steroid dienone is 2. The maximum atomic E-state index is 13.1. The molecule has 0 saturated heterocycles. The zero-order valence-corrected chi connectivity index (χ0v) is 10.9. The van der Waals surface area contributed by atoms with Gasteiger partial charge in [-0.15, -0.1) is 0 Å². The van der Waals surface area contributed by atoms with Gasteiger partial charge in [0.2, 0.25) is 5.95 Å². The Kier molecular flexibility index (Phi) is 4.14. The number of hydrogen-bond donors (Lipinski definition) is 1. The van der Waals surface area contributed by atoms with Gasteiger partial charge in [-0.05, 0) is 43.9 Å². The molecule has 2 N–H and O–H groups in total. The van der Waals surface area contributed by atoms with Gasteiger partial charge >= 0.3 is 5.97 Å². The maximum absolute atomic E-state index is 13.1. The lowest BCUT2D eigenvalue weighted by Crippen LogP contribution is -2.19. The maximum Gasteiger partial charge on any atom is 0.309 e. The Bertz CT molecular complexity index is 514. The fraction of sp³-hybridized carbons (Fsp3) is 0.429. The Balaban J connectivity index is 2.12. The van der Waals surface area contributed by atoms with Gasteiger partial charge < -0.3 is 10.5 Å². The summed E-state index contributed by atoms with van der Waals surface area (Å²) < 4.78 is 18.1. The average molecular weight is 264 g/mol. The molecule has 1 aliphatic carbocycles. The molecule has 1 atom stereocenters. The predicted octanol–water partition coefficient (Wildman–Crippen LogP) is 2.55. The summed E-state index contributed by atoms with van der Waals surface area (Å²) in [6.45, 7) is 2.18. The molecule has 0 amide bonds. The van der Waals surface area contributed by atoms with Crippen molar-refractivity contribution in [2.45, 2.75) is 26.2 Å². The van der Waals surface area contributed by atoms with Crippen LogP contribution in [0.25, 0.3) is 5.57 Å². The van der Waals surface area contributed by atoms with Gasteiger partial charge in [-0.2, -0.15) is 4.39 Å². The lowest BCUT2D eigenvalue weighted by atomic mass is 9.88. The number of carbonyl (C=O) groups excluding carboxylic acids is 1. The lowest BCUT2D eigenvalue weighted by Gasteiger charge is -2.20. The summed E-state index contributed by atoms with van der Waals surface area (Å²) in [5.74, 6) is -0.825. The standard InChI is InChI=1S/C14H17FN2O2/c1-2-19-14(18)10-5-3-9(4-6-10)13-11(16)7-8-12(15)17-13/h3,7-8,10H,2,4-6,16H2,1H3.